The maximum Gasteiger partial charge on any atom is 0.328 e. The van der Waals surface area contributed by atoms with Crippen LogP contribution in [0.1, 0.15) is 232 Å². The van der Waals surface area contributed by atoms with E-state index in [-0.39, 0.29) is 24.5 Å². The van der Waals surface area contributed by atoms with E-state index in [1.165, 1.54) is 122 Å². The third kappa shape index (κ3) is 41.6. The largest absolute Gasteiger partial charge is 0.480 e. The lowest BCUT2D eigenvalue weighted by atomic mass is 10.0. The van der Waals surface area contributed by atoms with E-state index in [1.807, 2.05) is 0 Å². The number of unbranched alkanes of at least 4 members (excludes halogenated alkanes) is 24. The number of aliphatic hydroxyl groups is 1. The number of aliphatic hydroxyl groups excluding tert-OH is 1. The third-order valence-electron chi connectivity index (χ3n) is 10.9. The molecular weight excluding hydrogens is 741 g/mol. The Morgan fingerprint density at radius 1 is 0.508 bits per heavy atom. The number of carbonyl (C=O) groups excluding carboxylic acids is 3. The molecule has 0 aromatic carbocycles. The molecule has 0 fully saturated rings. The summed E-state index contributed by atoms with van der Waals surface area (Å²) < 4.78 is 6.04. The lowest BCUT2D eigenvalue weighted by Crippen LogP contribution is -2.47. The molecule has 0 rings (SSSR count). The molecule has 9 heteroatoms. The number of aliphatic carboxylic acids is 1. The van der Waals surface area contributed by atoms with Crippen molar-refractivity contribution < 1.29 is 34.1 Å². The Labute approximate surface area is 361 Å². The fourth-order valence-electron chi connectivity index (χ4n) is 7.13. The molecule has 4 N–H and O–H groups in total. The molecule has 0 spiro atoms. The second-order valence-corrected chi connectivity index (χ2v) is 16.6. The van der Waals surface area contributed by atoms with Gasteiger partial charge in [0, 0.05) is 12.8 Å². The van der Waals surface area contributed by atoms with Crippen molar-refractivity contribution in [2.45, 2.75) is 244 Å². The number of ether oxygens (including phenoxy) is 1. The Kier molecular flexibility index (Phi) is 42.4. The quantitative estimate of drug-likeness (QED) is 0.0272. The summed E-state index contributed by atoms with van der Waals surface area (Å²) in [6.07, 6.45) is 51.7. The highest BCUT2D eigenvalue weighted by molar-refractivity contribution is 5.87. The van der Waals surface area contributed by atoms with Crippen LogP contribution in [0, 0.1) is 0 Å². The van der Waals surface area contributed by atoms with Gasteiger partial charge >= 0.3 is 11.9 Å². The molecule has 342 valence electrons. The van der Waals surface area contributed by atoms with E-state index in [0.29, 0.717) is 19.3 Å². The summed E-state index contributed by atoms with van der Waals surface area (Å²) in [7, 11) is 0. The monoisotopic (exact) mass is 831 g/mol. The smallest absolute Gasteiger partial charge is 0.328 e. The van der Waals surface area contributed by atoms with Crippen molar-refractivity contribution in [3.63, 3.8) is 0 Å². The molecule has 0 aliphatic heterocycles. The first-order valence-corrected chi connectivity index (χ1v) is 24.4. The first-order chi connectivity index (χ1) is 28.8. The maximum absolute atomic E-state index is 12.8. The van der Waals surface area contributed by atoms with E-state index in [1.54, 1.807) is 0 Å². The van der Waals surface area contributed by atoms with Gasteiger partial charge in [0.05, 0.1) is 13.2 Å². The molecule has 0 aliphatic rings. The summed E-state index contributed by atoms with van der Waals surface area (Å²) in [5, 5.41) is 22.6. The summed E-state index contributed by atoms with van der Waals surface area (Å²) >= 11 is 0. The molecule has 2 amide bonds. The van der Waals surface area contributed by atoms with Crippen LogP contribution in [0.15, 0.2) is 36.5 Å². The molecule has 9 nitrogen and oxygen atoms in total. The second-order valence-electron chi connectivity index (χ2n) is 16.6. The van der Waals surface area contributed by atoms with Gasteiger partial charge in [-0.25, -0.2) is 4.79 Å². The van der Waals surface area contributed by atoms with E-state index in [9.17, 15) is 19.2 Å². The number of amides is 2. The third-order valence-corrected chi connectivity index (χ3v) is 10.9. The Morgan fingerprint density at radius 2 is 0.915 bits per heavy atom. The highest BCUT2D eigenvalue weighted by Gasteiger charge is 2.19. The first kappa shape index (κ1) is 56.1. The summed E-state index contributed by atoms with van der Waals surface area (Å²) in [6.45, 7) is 3.48. The molecule has 0 saturated carbocycles. The number of carboxylic acids is 1. The molecule has 0 radical (unpaired) electrons. The SMILES string of the molecule is CCCCCCC/C=C\C/C=C\C/C=C\CCCCCCCCC(=O)OC(CCCCCCCCCCCC)CCCCCCCC(=O)NCC(=O)NC(CO)C(=O)O. The van der Waals surface area contributed by atoms with Gasteiger partial charge in [-0.05, 0) is 77.0 Å². The molecule has 2 atom stereocenters. The zero-order valence-electron chi connectivity index (χ0n) is 38.0. The van der Waals surface area contributed by atoms with Gasteiger partial charge in [-0.3, -0.25) is 14.4 Å². The number of carboxylic acid groups (broad SMARTS) is 1. The highest BCUT2D eigenvalue weighted by atomic mass is 16.5. The van der Waals surface area contributed by atoms with Crippen LogP contribution >= 0.6 is 0 Å². The number of allylic oxidation sites excluding steroid dienone is 6. The zero-order chi connectivity index (χ0) is 43.3. The van der Waals surface area contributed by atoms with Crippen LogP contribution in [0.3, 0.4) is 0 Å². The van der Waals surface area contributed by atoms with E-state index in [0.717, 1.165) is 77.0 Å². The van der Waals surface area contributed by atoms with Crippen LogP contribution in [-0.2, 0) is 23.9 Å². The summed E-state index contributed by atoms with van der Waals surface area (Å²) in [6, 6.07) is -1.38. The Bertz CT molecular complexity index is 1090. The minimum Gasteiger partial charge on any atom is -0.480 e. The Morgan fingerprint density at radius 3 is 1.37 bits per heavy atom. The number of hydrogen-bond acceptors (Lipinski definition) is 6. The van der Waals surface area contributed by atoms with Crippen LogP contribution in [0.25, 0.3) is 0 Å². The van der Waals surface area contributed by atoms with Crippen molar-refractivity contribution in [2.24, 2.45) is 0 Å². The van der Waals surface area contributed by atoms with Crippen molar-refractivity contribution in [3.8, 4) is 0 Å². The number of nitrogens with one attached hydrogen (secondary N) is 2. The van der Waals surface area contributed by atoms with Gasteiger partial charge in [-0.15, -0.1) is 0 Å². The van der Waals surface area contributed by atoms with E-state index in [4.69, 9.17) is 14.9 Å². The molecular formula is C50H90N2O7. The van der Waals surface area contributed by atoms with Crippen molar-refractivity contribution in [3.05, 3.63) is 36.5 Å². The van der Waals surface area contributed by atoms with Gasteiger partial charge in [0.25, 0.3) is 0 Å². The molecule has 0 heterocycles. The zero-order valence-corrected chi connectivity index (χ0v) is 38.0. The van der Waals surface area contributed by atoms with E-state index in [2.05, 4.69) is 60.9 Å². The van der Waals surface area contributed by atoms with Gasteiger partial charge in [-0.2, -0.15) is 0 Å². The number of carbonyl (C=O) groups is 4. The number of rotatable bonds is 44. The molecule has 0 aromatic rings. The molecule has 0 aromatic heterocycles. The van der Waals surface area contributed by atoms with Gasteiger partial charge in [0.15, 0.2) is 0 Å². The van der Waals surface area contributed by atoms with E-state index < -0.39 is 24.5 Å². The summed E-state index contributed by atoms with van der Waals surface area (Å²) in [4.78, 5) is 47.7. The van der Waals surface area contributed by atoms with Crippen molar-refractivity contribution in [1.82, 2.24) is 10.6 Å². The normalized spacial score (nSPS) is 12.7. The Balaban J connectivity index is 4.23. The molecule has 0 aliphatic carbocycles. The van der Waals surface area contributed by atoms with E-state index >= 15 is 0 Å². The highest BCUT2D eigenvalue weighted by Crippen LogP contribution is 2.19. The van der Waals surface area contributed by atoms with Gasteiger partial charge in [0.1, 0.15) is 12.1 Å². The molecule has 0 bridgehead atoms. The van der Waals surface area contributed by atoms with Gasteiger partial charge < -0.3 is 25.6 Å². The molecule has 59 heavy (non-hydrogen) atoms. The fourth-order valence-corrected chi connectivity index (χ4v) is 7.13. The average molecular weight is 831 g/mol. The van der Waals surface area contributed by atoms with Crippen molar-refractivity contribution >= 4 is 23.8 Å². The maximum atomic E-state index is 12.8. The predicted octanol–water partition coefficient (Wildman–Crippen LogP) is 12.5. The standard InChI is InChI=1S/C50H90N2O7/c1-3-5-7-9-11-13-15-16-17-18-19-20-21-22-23-24-25-27-29-34-38-42-49(56)59-45(39-35-31-28-26-14-12-10-8-6-4-2)40-36-32-30-33-37-41-47(54)51-43-48(55)52-46(44-53)50(57)58/h15-16,18-19,21-22,45-46,53H,3-14,17,20,23-44H2,1-2H3,(H,51,54)(H,52,55)(H,57,58)/b16-15-,19-18-,22-21-. The van der Waals surface area contributed by atoms with Crippen LogP contribution in [0.2, 0.25) is 0 Å². The van der Waals surface area contributed by atoms with Gasteiger partial charge in [0.2, 0.25) is 11.8 Å². The van der Waals surface area contributed by atoms with Crippen molar-refractivity contribution in [2.75, 3.05) is 13.2 Å². The van der Waals surface area contributed by atoms with Crippen LogP contribution in [0.4, 0.5) is 0 Å². The number of hydrogen-bond donors (Lipinski definition) is 4. The lowest BCUT2D eigenvalue weighted by Gasteiger charge is -2.18. The average Bonchev–Trinajstić information content (AvgIpc) is 3.22. The van der Waals surface area contributed by atoms with Crippen LogP contribution < -0.4 is 10.6 Å². The first-order valence-electron chi connectivity index (χ1n) is 24.4. The predicted molar refractivity (Wildman–Crippen MR) is 245 cm³/mol. The lowest BCUT2D eigenvalue weighted by molar-refractivity contribution is -0.150. The van der Waals surface area contributed by atoms with Gasteiger partial charge in [-0.1, -0.05) is 179 Å². The minimum absolute atomic E-state index is 0.0182. The summed E-state index contributed by atoms with van der Waals surface area (Å²) in [5.41, 5.74) is 0. The van der Waals surface area contributed by atoms with Crippen LogP contribution in [0.5, 0.6) is 0 Å². The summed E-state index contributed by atoms with van der Waals surface area (Å²) in [5.74, 6) is -2.30. The van der Waals surface area contributed by atoms with Crippen LogP contribution in [-0.4, -0.2) is 59.3 Å². The second kappa shape index (κ2) is 44.6. The molecule has 2 unspecified atom stereocenters. The fraction of sp³-hybridized carbons (Fsp3) is 0.800. The molecule has 0 saturated heterocycles. The Hall–Kier alpha value is -2.94. The minimum atomic E-state index is -1.38. The number of esters is 1. The topological polar surface area (TPSA) is 142 Å². The van der Waals surface area contributed by atoms with Crippen molar-refractivity contribution in [1.29, 1.82) is 0 Å².